The molecule has 2 rings (SSSR count). The van der Waals surface area contributed by atoms with Gasteiger partial charge in [0.05, 0.1) is 11.0 Å². The summed E-state index contributed by atoms with van der Waals surface area (Å²) >= 11 is 0. The third kappa shape index (κ3) is 3.54. The standard InChI is InChI=1S/C16H23N3O2/c1-16(2,3)9-10-17-14(20)11-19-13-8-6-5-7-12(13)18(4)15(19)21/h5-8H,9-11H2,1-4H3,(H,17,20). The van der Waals surface area contributed by atoms with Crippen molar-refractivity contribution in [2.75, 3.05) is 6.54 Å². The van der Waals surface area contributed by atoms with E-state index in [0.29, 0.717) is 6.54 Å². The van der Waals surface area contributed by atoms with Gasteiger partial charge < -0.3 is 5.32 Å². The summed E-state index contributed by atoms with van der Waals surface area (Å²) in [5.74, 6) is -0.127. The number of hydrogen-bond acceptors (Lipinski definition) is 2. The highest BCUT2D eigenvalue weighted by Crippen LogP contribution is 2.17. The summed E-state index contributed by atoms with van der Waals surface area (Å²) in [6.07, 6.45) is 0.906. The fourth-order valence-corrected chi connectivity index (χ4v) is 2.29. The van der Waals surface area contributed by atoms with Gasteiger partial charge in [-0.15, -0.1) is 0 Å². The highest BCUT2D eigenvalue weighted by Gasteiger charge is 2.14. The number of nitrogens with zero attached hydrogens (tertiary/aromatic N) is 2. The van der Waals surface area contributed by atoms with Crippen molar-refractivity contribution in [2.24, 2.45) is 12.5 Å². The van der Waals surface area contributed by atoms with E-state index in [2.05, 4.69) is 26.1 Å². The average Bonchev–Trinajstić information content (AvgIpc) is 2.63. The van der Waals surface area contributed by atoms with Crippen molar-refractivity contribution in [3.63, 3.8) is 0 Å². The first-order chi connectivity index (χ1) is 9.79. The van der Waals surface area contributed by atoms with Crippen molar-refractivity contribution in [3.8, 4) is 0 Å². The van der Waals surface area contributed by atoms with E-state index in [0.717, 1.165) is 17.5 Å². The minimum Gasteiger partial charge on any atom is -0.355 e. The summed E-state index contributed by atoms with van der Waals surface area (Å²) in [5.41, 5.74) is 1.65. The maximum absolute atomic E-state index is 12.2. The maximum atomic E-state index is 12.2. The van der Waals surface area contributed by atoms with Crippen molar-refractivity contribution >= 4 is 16.9 Å². The fourth-order valence-electron chi connectivity index (χ4n) is 2.29. The lowest BCUT2D eigenvalue weighted by atomic mass is 9.92. The monoisotopic (exact) mass is 289 g/mol. The van der Waals surface area contributed by atoms with Crippen LogP contribution in [0.4, 0.5) is 0 Å². The molecule has 1 aromatic heterocycles. The zero-order valence-electron chi connectivity index (χ0n) is 13.1. The number of amides is 1. The van der Waals surface area contributed by atoms with Gasteiger partial charge in [-0.2, -0.15) is 0 Å². The molecule has 0 spiro atoms. The van der Waals surface area contributed by atoms with Crippen LogP contribution in [0.15, 0.2) is 29.1 Å². The van der Waals surface area contributed by atoms with Gasteiger partial charge >= 0.3 is 5.69 Å². The second-order valence-electron chi connectivity index (χ2n) is 6.58. The Morgan fingerprint density at radius 1 is 1.19 bits per heavy atom. The van der Waals surface area contributed by atoms with E-state index in [1.165, 1.54) is 4.57 Å². The maximum Gasteiger partial charge on any atom is 0.329 e. The molecule has 0 unspecified atom stereocenters. The number of aryl methyl sites for hydroxylation is 1. The van der Waals surface area contributed by atoms with Crippen LogP contribution in [-0.4, -0.2) is 21.6 Å². The normalized spacial score (nSPS) is 11.8. The molecular weight excluding hydrogens is 266 g/mol. The second kappa shape index (κ2) is 5.76. The average molecular weight is 289 g/mol. The zero-order chi connectivity index (χ0) is 15.6. The summed E-state index contributed by atoms with van der Waals surface area (Å²) < 4.78 is 3.08. The van der Waals surface area contributed by atoms with E-state index in [1.807, 2.05) is 24.3 Å². The first kappa shape index (κ1) is 15.4. The van der Waals surface area contributed by atoms with Gasteiger partial charge in [0, 0.05) is 13.6 Å². The Bertz CT molecular complexity index is 704. The predicted molar refractivity (Wildman–Crippen MR) is 84.3 cm³/mol. The van der Waals surface area contributed by atoms with E-state index >= 15 is 0 Å². The number of carbonyl (C=O) groups excluding carboxylic acids is 1. The first-order valence-corrected chi connectivity index (χ1v) is 7.20. The van der Waals surface area contributed by atoms with Gasteiger partial charge in [0.25, 0.3) is 0 Å². The number of imidazole rings is 1. The summed E-state index contributed by atoms with van der Waals surface area (Å²) in [5, 5.41) is 2.88. The van der Waals surface area contributed by atoms with Crippen molar-refractivity contribution in [3.05, 3.63) is 34.7 Å². The van der Waals surface area contributed by atoms with Gasteiger partial charge in [-0.1, -0.05) is 32.9 Å². The van der Waals surface area contributed by atoms with E-state index in [1.54, 1.807) is 11.6 Å². The van der Waals surface area contributed by atoms with Crippen molar-refractivity contribution in [1.29, 1.82) is 0 Å². The molecule has 0 saturated carbocycles. The Balaban J connectivity index is 2.12. The number of rotatable bonds is 4. The minimum absolute atomic E-state index is 0.0599. The molecule has 1 heterocycles. The molecule has 0 saturated heterocycles. The molecule has 5 heteroatoms. The molecule has 2 aromatic rings. The summed E-state index contributed by atoms with van der Waals surface area (Å²) in [7, 11) is 1.72. The molecule has 0 bridgehead atoms. The third-order valence-electron chi connectivity index (χ3n) is 3.55. The van der Waals surface area contributed by atoms with Gasteiger partial charge in [-0.25, -0.2) is 4.79 Å². The number of fused-ring (bicyclic) bond motifs is 1. The number of hydrogen-bond donors (Lipinski definition) is 1. The Hall–Kier alpha value is -2.04. The summed E-state index contributed by atoms with van der Waals surface area (Å²) in [6.45, 7) is 7.09. The van der Waals surface area contributed by atoms with Crippen LogP contribution >= 0.6 is 0 Å². The fraction of sp³-hybridized carbons (Fsp3) is 0.500. The Morgan fingerprint density at radius 2 is 1.81 bits per heavy atom. The van der Waals surface area contributed by atoms with E-state index in [4.69, 9.17) is 0 Å². The quantitative estimate of drug-likeness (QED) is 0.934. The van der Waals surface area contributed by atoms with Crippen LogP contribution in [0, 0.1) is 5.41 Å². The number of benzene rings is 1. The van der Waals surface area contributed by atoms with Crippen LogP contribution in [0.3, 0.4) is 0 Å². The van der Waals surface area contributed by atoms with Crippen LogP contribution in [0.2, 0.25) is 0 Å². The minimum atomic E-state index is -0.165. The molecule has 1 aromatic carbocycles. The van der Waals surface area contributed by atoms with Gasteiger partial charge in [0.1, 0.15) is 6.54 Å². The number of carbonyl (C=O) groups is 1. The number of nitrogens with one attached hydrogen (secondary N) is 1. The highest BCUT2D eigenvalue weighted by atomic mass is 16.2. The molecule has 0 aliphatic carbocycles. The molecule has 1 amide bonds. The predicted octanol–water partition coefficient (Wildman–Crippen LogP) is 1.89. The smallest absolute Gasteiger partial charge is 0.329 e. The molecular formula is C16H23N3O2. The van der Waals surface area contributed by atoms with Gasteiger partial charge in [-0.05, 0) is 24.0 Å². The first-order valence-electron chi connectivity index (χ1n) is 7.20. The zero-order valence-corrected chi connectivity index (χ0v) is 13.1. The van der Waals surface area contributed by atoms with Crippen LogP contribution in [0.1, 0.15) is 27.2 Å². The molecule has 0 atom stereocenters. The molecule has 114 valence electrons. The SMILES string of the molecule is Cn1c(=O)n(CC(=O)NCCC(C)(C)C)c2ccccc21. The molecule has 21 heavy (non-hydrogen) atoms. The van der Waals surface area contributed by atoms with E-state index < -0.39 is 0 Å². The van der Waals surface area contributed by atoms with Gasteiger partial charge in [0.2, 0.25) is 5.91 Å². The molecule has 5 nitrogen and oxygen atoms in total. The lowest BCUT2D eigenvalue weighted by Crippen LogP contribution is -2.34. The molecule has 0 radical (unpaired) electrons. The number of aromatic nitrogens is 2. The topological polar surface area (TPSA) is 56.0 Å². The van der Waals surface area contributed by atoms with Gasteiger partial charge in [-0.3, -0.25) is 13.9 Å². The summed E-state index contributed by atoms with van der Waals surface area (Å²) in [6, 6.07) is 7.50. The van der Waals surface area contributed by atoms with Crippen LogP contribution < -0.4 is 11.0 Å². The molecule has 0 aliphatic heterocycles. The van der Waals surface area contributed by atoms with Crippen molar-refractivity contribution in [1.82, 2.24) is 14.5 Å². The largest absolute Gasteiger partial charge is 0.355 e. The Kier molecular flexibility index (Phi) is 4.21. The van der Waals surface area contributed by atoms with Crippen molar-refractivity contribution < 1.29 is 4.79 Å². The van der Waals surface area contributed by atoms with Crippen molar-refractivity contribution in [2.45, 2.75) is 33.7 Å². The highest BCUT2D eigenvalue weighted by molar-refractivity contribution is 5.80. The Morgan fingerprint density at radius 3 is 2.43 bits per heavy atom. The van der Waals surface area contributed by atoms with Crippen LogP contribution in [0.25, 0.3) is 11.0 Å². The summed E-state index contributed by atoms with van der Waals surface area (Å²) in [4.78, 5) is 24.2. The molecule has 0 fully saturated rings. The lowest BCUT2D eigenvalue weighted by molar-refractivity contribution is -0.121. The van der Waals surface area contributed by atoms with E-state index in [-0.39, 0.29) is 23.6 Å². The van der Waals surface area contributed by atoms with Gasteiger partial charge in [0.15, 0.2) is 0 Å². The van der Waals surface area contributed by atoms with E-state index in [9.17, 15) is 9.59 Å². The molecule has 0 aliphatic rings. The number of para-hydroxylation sites is 2. The molecule has 1 N–H and O–H groups in total. The van der Waals surface area contributed by atoms with Crippen LogP contribution in [-0.2, 0) is 18.4 Å². The Labute approximate surface area is 124 Å². The third-order valence-corrected chi connectivity index (χ3v) is 3.55. The lowest BCUT2D eigenvalue weighted by Gasteiger charge is -2.18. The van der Waals surface area contributed by atoms with Crippen LogP contribution in [0.5, 0.6) is 0 Å². The second-order valence-corrected chi connectivity index (χ2v) is 6.58.